The molecule has 2 N–H and O–H groups in total. The summed E-state index contributed by atoms with van der Waals surface area (Å²) < 4.78 is 0. The van der Waals surface area contributed by atoms with Crippen LogP contribution in [0.15, 0.2) is 5.38 Å². The van der Waals surface area contributed by atoms with Crippen LogP contribution in [0.1, 0.15) is 35.0 Å². The van der Waals surface area contributed by atoms with E-state index < -0.39 is 17.9 Å². The van der Waals surface area contributed by atoms with Crippen molar-refractivity contribution < 1.29 is 14.7 Å². The molecular weight excluding hydrogens is 262 g/mol. The van der Waals surface area contributed by atoms with Crippen LogP contribution in [0.25, 0.3) is 0 Å². The maximum atomic E-state index is 11.8. The van der Waals surface area contributed by atoms with Gasteiger partial charge >= 0.3 is 5.97 Å². The molecule has 0 saturated heterocycles. The largest absolute Gasteiger partial charge is 0.480 e. The Kier molecular flexibility index (Phi) is 4.96. The molecule has 0 saturated carbocycles. The second kappa shape index (κ2) is 6.02. The number of thiophene rings is 1. The van der Waals surface area contributed by atoms with Crippen LogP contribution < -0.4 is 5.32 Å². The first-order valence-electron chi connectivity index (χ1n) is 5.24. The van der Waals surface area contributed by atoms with Crippen molar-refractivity contribution in [1.29, 1.82) is 0 Å². The number of carbonyl (C=O) groups is 2. The Morgan fingerprint density at radius 1 is 1.59 bits per heavy atom. The van der Waals surface area contributed by atoms with Gasteiger partial charge in [-0.05, 0) is 24.3 Å². The van der Waals surface area contributed by atoms with Gasteiger partial charge in [-0.25, -0.2) is 4.79 Å². The lowest BCUT2D eigenvalue weighted by Gasteiger charge is -2.12. The zero-order valence-electron chi connectivity index (χ0n) is 9.62. The molecule has 1 rings (SSSR count). The molecule has 6 heteroatoms. The summed E-state index contributed by atoms with van der Waals surface area (Å²) in [6.07, 6.45) is 1.09. The van der Waals surface area contributed by atoms with Gasteiger partial charge < -0.3 is 10.4 Å². The van der Waals surface area contributed by atoms with E-state index in [0.29, 0.717) is 22.7 Å². The smallest absolute Gasteiger partial charge is 0.326 e. The van der Waals surface area contributed by atoms with Crippen molar-refractivity contribution in [2.75, 3.05) is 0 Å². The van der Waals surface area contributed by atoms with Crippen LogP contribution in [-0.2, 0) is 4.79 Å². The Morgan fingerprint density at radius 3 is 2.65 bits per heavy atom. The molecule has 0 aliphatic carbocycles. The Bertz CT molecular complexity index is 430. The zero-order chi connectivity index (χ0) is 13.0. The third kappa shape index (κ3) is 3.44. The monoisotopic (exact) mass is 275 g/mol. The summed E-state index contributed by atoms with van der Waals surface area (Å²) in [5.74, 6) is -1.45. The van der Waals surface area contributed by atoms with Gasteiger partial charge in [0, 0.05) is 0 Å². The van der Waals surface area contributed by atoms with Gasteiger partial charge in [0.1, 0.15) is 10.9 Å². The fraction of sp³-hybridized carbons (Fsp3) is 0.455. The number of aliphatic carboxylic acids is 1. The molecule has 1 heterocycles. The highest BCUT2D eigenvalue weighted by molar-refractivity contribution is 7.13. The first kappa shape index (κ1) is 14.0. The van der Waals surface area contributed by atoms with E-state index in [2.05, 4.69) is 5.32 Å². The number of rotatable bonds is 5. The van der Waals surface area contributed by atoms with Gasteiger partial charge in [-0.1, -0.05) is 24.9 Å². The Morgan fingerprint density at radius 2 is 2.24 bits per heavy atom. The number of nitrogens with one attached hydrogen (secondary N) is 1. The van der Waals surface area contributed by atoms with Crippen LogP contribution in [0.5, 0.6) is 0 Å². The lowest BCUT2D eigenvalue weighted by Crippen LogP contribution is -2.40. The molecular formula is C11H14ClNO3S. The van der Waals surface area contributed by atoms with E-state index in [4.69, 9.17) is 16.7 Å². The topological polar surface area (TPSA) is 66.4 Å². The van der Waals surface area contributed by atoms with Crippen LogP contribution in [0.2, 0.25) is 5.02 Å². The highest BCUT2D eigenvalue weighted by Crippen LogP contribution is 2.27. The van der Waals surface area contributed by atoms with Crippen molar-refractivity contribution >= 4 is 34.8 Å². The van der Waals surface area contributed by atoms with E-state index in [0.717, 1.165) is 5.56 Å². The summed E-state index contributed by atoms with van der Waals surface area (Å²) in [6.45, 7) is 3.67. The number of amides is 1. The average Bonchev–Trinajstić information content (AvgIpc) is 2.59. The molecule has 0 aliphatic heterocycles. The molecule has 0 spiro atoms. The Balaban J connectivity index is 2.77. The summed E-state index contributed by atoms with van der Waals surface area (Å²) in [7, 11) is 0. The van der Waals surface area contributed by atoms with Gasteiger partial charge in [0.05, 0.1) is 5.02 Å². The second-order valence-electron chi connectivity index (χ2n) is 3.71. The summed E-state index contributed by atoms with van der Waals surface area (Å²) in [4.78, 5) is 23.1. The SMILES string of the molecule is CCC[C@H](NC(=O)c1scc(C)c1Cl)C(=O)O. The maximum absolute atomic E-state index is 11.8. The fourth-order valence-electron chi connectivity index (χ4n) is 1.35. The quantitative estimate of drug-likeness (QED) is 0.868. The van der Waals surface area contributed by atoms with Crippen LogP contribution in [0.4, 0.5) is 0 Å². The van der Waals surface area contributed by atoms with E-state index in [-0.39, 0.29) is 0 Å². The van der Waals surface area contributed by atoms with Gasteiger partial charge in [0.25, 0.3) is 5.91 Å². The Hall–Kier alpha value is -1.07. The lowest BCUT2D eigenvalue weighted by molar-refractivity contribution is -0.139. The molecule has 94 valence electrons. The van der Waals surface area contributed by atoms with Crippen molar-refractivity contribution in [3.05, 3.63) is 20.8 Å². The molecule has 1 amide bonds. The molecule has 0 unspecified atom stereocenters. The molecule has 1 aromatic rings. The molecule has 1 aromatic heterocycles. The lowest BCUT2D eigenvalue weighted by atomic mass is 10.1. The minimum absolute atomic E-state index is 0.367. The minimum Gasteiger partial charge on any atom is -0.480 e. The number of carbonyl (C=O) groups excluding carboxylic acids is 1. The number of carboxylic acids is 1. The van der Waals surface area contributed by atoms with Crippen LogP contribution in [0, 0.1) is 6.92 Å². The molecule has 17 heavy (non-hydrogen) atoms. The van der Waals surface area contributed by atoms with Crippen molar-refractivity contribution in [3.63, 3.8) is 0 Å². The predicted molar refractivity (Wildman–Crippen MR) is 67.9 cm³/mol. The maximum Gasteiger partial charge on any atom is 0.326 e. The normalized spacial score (nSPS) is 12.2. The first-order chi connectivity index (χ1) is 7.97. The van der Waals surface area contributed by atoms with E-state index in [1.54, 1.807) is 12.3 Å². The standard InChI is InChI=1S/C11H14ClNO3S/c1-3-4-7(11(15)16)13-10(14)9-8(12)6(2)5-17-9/h5,7H,3-4H2,1-2H3,(H,13,14)(H,15,16)/t7-/m0/s1. The molecule has 0 fully saturated rings. The Labute approximate surface area is 109 Å². The summed E-state index contributed by atoms with van der Waals surface area (Å²) >= 11 is 7.17. The third-order valence-corrected chi connectivity index (χ3v) is 3.98. The predicted octanol–water partition coefficient (Wildman–Crippen LogP) is 2.69. The fourth-order valence-corrected chi connectivity index (χ4v) is 2.53. The van der Waals surface area contributed by atoms with E-state index >= 15 is 0 Å². The van der Waals surface area contributed by atoms with Crippen LogP contribution in [0.3, 0.4) is 0 Å². The highest BCUT2D eigenvalue weighted by Gasteiger charge is 2.22. The van der Waals surface area contributed by atoms with Crippen molar-refractivity contribution in [2.24, 2.45) is 0 Å². The highest BCUT2D eigenvalue weighted by atomic mass is 35.5. The summed E-state index contributed by atoms with van der Waals surface area (Å²) in [5, 5.41) is 13.6. The number of halogens is 1. The molecule has 0 bridgehead atoms. The number of hydrogen-bond donors (Lipinski definition) is 2. The van der Waals surface area contributed by atoms with E-state index in [1.807, 2.05) is 6.92 Å². The van der Waals surface area contributed by atoms with Crippen LogP contribution >= 0.6 is 22.9 Å². The molecule has 0 aliphatic rings. The van der Waals surface area contributed by atoms with E-state index in [1.165, 1.54) is 11.3 Å². The molecule has 0 aromatic carbocycles. The van der Waals surface area contributed by atoms with Gasteiger partial charge in [-0.15, -0.1) is 11.3 Å². The number of aryl methyl sites for hydroxylation is 1. The third-order valence-electron chi connectivity index (χ3n) is 2.29. The first-order valence-corrected chi connectivity index (χ1v) is 6.50. The van der Waals surface area contributed by atoms with Gasteiger partial charge in [-0.2, -0.15) is 0 Å². The number of carboxylic acid groups (broad SMARTS) is 1. The average molecular weight is 276 g/mol. The minimum atomic E-state index is -1.02. The van der Waals surface area contributed by atoms with Crippen LogP contribution in [-0.4, -0.2) is 23.0 Å². The van der Waals surface area contributed by atoms with Gasteiger partial charge in [0.2, 0.25) is 0 Å². The molecule has 4 nitrogen and oxygen atoms in total. The summed E-state index contributed by atoms with van der Waals surface area (Å²) in [5.41, 5.74) is 0.823. The zero-order valence-corrected chi connectivity index (χ0v) is 11.2. The number of hydrogen-bond acceptors (Lipinski definition) is 3. The van der Waals surface area contributed by atoms with Crippen molar-refractivity contribution in [2.45, 2.75) is 32.7 Å². The van der Waals surface area contributed by atoms with E-state index in [9.17, 15) is 9.59 Å². The second-order valence-corrected chi connectivity index (χ2v) is 4.97. The molecule has 0 radical (unpaired) electrons. The molecule has 1 atom stereocenters. The van der Waals surface area contributed by atoms with Crippen molar-refractivity contribution in [1.82, 2.24) is 5.32 Å². The van der Waals surface area contributed by atoms with Gasteiger partial charge in [0.15, 0.2) is 0 Å². The van der Waals surface area contributed by atoms with Gasteiger partial charge in [-0.3, -0.25) is 4.79 Å². The van der Waals surface area contributed by atoms with Crippen molar-refractivity contribution in [3.8, 4) is 0 Å². The summed E-state index contributed by atoms with van der Waals surface area (Å²) in [6, 6.07) is -0.856.